The lowest BCUT2D eigenvalue weighted by molar-refractivity contribution is 1.15. The van der Waals surface area contributed by atoms with Crippen LogP contribution < -0.4 is 0 Å². The quantitative estimate of drug-likeness (QED) is 0.433. The molecule has 0 aromatic heterocycles. The van der Waals surface area contributed by atoms with Gasteiger partial charge in [0.15, 0.2) is 0 Å². The summed E-state index contributed by atoms with van der Waals surface area (Å²) in [7, 11) is 1.81. The molecule has 0 spiro atoms. The van der Waals surface area contributed by atoms with Crippen molar-refractivity contribution in [2.24, 2.45) is 4.99 Å². The van der Waals surface area contributed by atoms with E-state index >= 15 is 0 Å². The fourth-order valence-electron chi connectivity index (χ4n) is 0.640. The van der Waals surface area contributed by atoms with Crippen molar-refractivity contribution in [2.75, 3.05) is 7.05 Å². The Morgan fingerprint density at radius 3 is 2.25 bits per heavy atom. The van der Waals surface area contributed by atoms with Crippen LogP contribution in [0.15, 0.2) is 4.99 Å². The Hall–Kier alpha value is 0.0200. The van der Waals surface area contributed by atoms with E-state index in [1.165, 1.54) is 5.71 Å². The molecule has 0 rings (SSSR count). The van der Waals surface area contributed by atoms with Gasteiger partial charge in [0, 0.05) is 18.0 Å². The van der Waals surface area contributed by atoms with Crippen LogP contribution in [0, 0.1) is 0 Å². The normalized spacial score (nSPS) is 16.2. The van der Waals surface area contributed by atoms with Crippen molar-refractivity contribution in [3.63, 3.8) is 0 Å². The van der Waals surface area contributed by atoms with Crippen LogP contribution in [0.4, 0.5) is 0 Å². The van der Waals surface area contributed by atoms with Crippen molar-refractivity contribution >= 4 is 18.3 Å². The second kappa shape index (κ2) is 3.96. The maximum atomic E-state index is 4.22. The number of thiol groups is 1. The van der Waals surface area contributed by atoms with E-state index in [9.17, 15) is 0 Å². The lowest BCUT2D eigenvalue weighted by Crippen LogP contribution is -2.08. The standard InChI is InChI=1S/C6H13NS/c1-4-6(7-3)5(2)8/h5,8H,4H2,1-3H3/b7-6+/t5-/m1/s1. The summed E-state index contributed by atoms with van der Waals surface area (Å²) in [6, 6.07) is 0. The largest absolute Gasteiger partial charge is 0.296 e. The van der Waals surface area contributed by atoms with E-state index in [0.717, 1.165) is 6.42 Å². The van der Waals surface area contributed by atoms with Crippen molar-refractivity contribution in [2.45, 2.75) is 25.5 Å². The summed E-state index contributed by atoms with van der Waals surface area (Å²) in [6.07, 6.45) is 1.02. The summed E-state index contributed by atoms with van der Waals surface area (Å²) in [6.45, 7) is 4.13. The third-order valence-electron chi connectivity index (χ3n) is 1.13. The molecule has 0 radical (unpaired) electrons. The highest BCUT2D eigenvalue weighted by molar-refractivity contribution is 7.81. The zero-order valence-corrected chi connectivity index (χ0v) is 6.57. The van der Waals surface area contributed by atoms with Gasteiger partial charge in [-0.25, -0.2) is 0 Å². The lowest BCUT2D eigenvalue weighted by atomic mass is 10.2. The van der Waals surface area contributed by atoms with Gasteiger partial charge in [0.25, 0.3) is 0 Å². The monoisotopic (exact) mass is 131 g/mol. The topological polar surface area (TPSA) is 12.4 Å². The van der Waals surface area contributed by atoms with Crippen LogP contribution in [-0.2, 0) is 0 Å². The minimum atomic E-state index is 0.324. The first-order valence-corrected chi connectivity index (χ1v) is 3.37. The Bertz CT molecular complexity index is 86.5. The fourth-order valence-corrected chi connectivity index (χ4v) is 0.938. The molecule has 0 fully saturated rings. The molecular weight excluding hydrogens is 118 g/mol. The first-order chi connectivity index (χ1) is 3.72. The molecule has 0 aromatic carbocycles. The minimum Gasteiger partial charge on any atom is -0.296 e. The molecule has 0 aliphatic rings. The molecule has 48 valence electrons. The summed E-state index contributed by atoms with van der Waals surface area (Å²) >= 11 is 4.22. The zero-order chi connectivity index (χ0) is 6.57. The molecule has 0 heterocycles. The highest BCUT2D eigenvalue weighted by atomic mass is 32.1. The van der Waals surface area contributed by atoms with Gasteiger partial charge in [0.2, 0.25) is 0 Å². The number of hydrogen-bond acceptors (Lipinski definition) is 2. The molecule has 0 amide bonds. The van der Waals surface area contributed by atoms with Gasteiger partial charge in [-0.15, -0.1) is 0 Å². The van der Waals surface area contributed by atoms with Gasteiger partial charge in [-0.2, -0.15) is 12.6 Å². The van der Waals surface area contributed by atoms with Crippen molar-refractivity contribution in [1.29, 1.82) is 0 Å². The molecule has 2 heteroatoms. The van der Waals surface area contributed by atoms with E-state index in [1.54, 1.807) is 0 Å². The average Bonchev–Trinajstić information content (AvgIpc) is 1.69. The Morgan fingerprint density at radius 2 is 2.25 bits per heavy atom. The van der Waals surface area contributed by atoms with Crippen molar-refractivity contribution in [1.82, 2.24) is 0 Å². The molecule has 0 unspecified atom stereocenters. The van der Waals surface area contributed by atoms with Crippen molar-refractivity contribution < 1.29 is 0 Å². The van der Waals surface area contributed by atoms with Gasteiger partial charge in [-0.1, -0.05) is 6.92 Å². The molecule has 0 aliphatic carbocycles. The highest BCUT2D eigenvalue weighted by Gasteiger charge is 1.99. The third-order valence-corrected chi connectivity index (χ3v) is 1.43. The maximum Gasteiger partial charge on any atom is 0.0368 e. The molecule has 0 aromatic rings. The van der Waals surface area contributed by atoms with Gasteiger partial charge in [0.05, 0.1) is 0 Å². The van der Waals surface area contributed by atoms with E-state index in [4.69, 9.17) is 0 Å². The van der Waals surface area contributed by atoms with E-state index in [-0.39, 0.29) is 0 Å². The van der Waals surface area contributed by atoms with Gasteiger partial charge >= 0.3 is 0 Å². The maximum absolute atomic E-state index is 4.22. The van der Waals surface area contributed by atoms with Gasteiger partial charge < -0.3 is 0 Å². The van der Waals surface area contributed by atoms with Gasteiger partial charge in [-0.05, 0) is 13.3 Å². The fraction of sp³-hybridized carbons (Fsp3) is 0.833. The predicted octanol–water partition coefficient (Wildman–Crippen LogP) is 1.79. The molecule has 1 nitrogen and oxygen atoms in total. The Balaban J connectivity index is 3.72. The zero-order valence-electron chi connectivity index (χ0n) is 5.68. The van der Waals surface area contributed by atoms with Crippen LogP contribution in [0.5, 0.6) is 0 Å². The second-order valence-corrected chi connectivity index (χ2v) is 2.52. The van der Waals surface area contributed by atoms with E-state index in [1.807, 2.05) is 14.0 Å². The first kappa shape index (κ1) is 8.02. The summed E-state index contributed by atoms with van der Waals surface area (Å²) in [4.78, 5) is 4.05. The van der Waals surface area contributed by atoms with Crippen LogP contribution in [0.2, 0.25) is 0 Å². The van der Waals surface area contributed by atoms with Crippen LogP contribution in [-0.4, -0.2) is 18.0 Å². The summed E-state index contributed by atoms with van der Waals surface area (Å²) in [5.41, 5.74) is 1.17. The summed E-state index contributed by atoms with van der Waals surface area (Å²) in [5, 5.41) is 0.324. The highest BCUT2D eigenvalue weighted by Crippen LogP contribution is 1.99. The lowest BCUT2D eigenvalue weighted by Gasteiger charge is -2.03. The predicted molar refractivity (Wildman–Crippen MR) is 42.1 cm³/mol. The third kappa shape index (κ3) is 2.36. The molecule has 0 N–H and O–H groups in total. The van der Waals surface area contributed by atoms with Crippen LogP contribution in [0.25, 0.3) is 0 Å². The molecular formula is C6H13NS. The van der Waals surface area contributed by atoms with Crippen molar-refractivity contribution in [3.8, 4) is 0 Å². The summed E-state index contributed by atoms with van der Waals surface area (Å²) < 4.78 is 0. The second-order valence-electron chi connectivity index (χ2n) is 1.74. The molecule has 8 heavy (non-hydrogen) atoms. The van der Waals surface area contributed by atoms with Crippen LogP contribution >= 0.6 is 12.6 Å². The van der Waals surface area contributed by atoms with E-state index < -0.39 is 0 Å². The van der Waals surface area contributed by atoms with Gasteiger partial charge in [-0.3, -0.25) is 4.99 Å². The average molecular weight is 131 g/mol. The Labute approximate surface area is 56.6 Å². The Morgan fingerprint density at radius 1 is 1.75 bits per heavy atom. The number of nitrogens with zero attached hydrogens (tertiary/aromatic N) is 1. The SMILES string of the molecule is CC/C(=N\C)[C@@H](C)S. The first-order valence-electron chi connectivity index (χ1n) is 2.86. The minimum absolute atomic E-state index is 0.324. The molecule has 0 saturated carbocycles. The number of aliphatic imine (C=N–C) groups is 1. The number of hydrogen-bond donors (Lipinski definition) is 1. The molecule has 0 bridgehead atoms. The van der Waals surface area contributed by atoms with Crippen LogP contribution in [0.3, 0.4) is 0 Å². The van der Waals surface area contributed by atoms with Crippen LogP contribution in [0.1, 0.15) is 20.3 Å². The van der Waals surface area contributed by atoms with E-state index in [0.29, 0.717) is 5.25 Å². The molecule has 1 atom stereocenters. The molecule has 0 aliphatic heterocycles. The van der Waals surface area contributed by atoms with Gasteiger partial charge in [0.1, 0.15) is 0 Å². The Kier molecular flexibility index (Phi) is 3.97. The number of rotatable bonds is 2. The molecule has 0 saturated heterocycles. The summed E-state index contributed by atoms with van der Waals surface area (Å²) in [5.74, 6) is 0. The van der Waals surface area contributed by atoms with E-state index in [2.05, 4.69) is 24.5 Å². The van der Waals surface area contributed by atoms with Crippen molar-refractivity contribution in [3.05, 3.63) is 0 Å². The smallest absolute Gasteiger partial charge is 0.0368 e.